The third-order valence-corrected chi connectivity index (χ3v) is 4.38. The number of carbonyl (C=O) groups excluding carboxylic acids is 2. The molecule has 6 heteroatoms. The minimum absolute atomic E-state index is 0.285. The van der Waals surface area contributed by atoms with E-state index in [9.17, 15) is 9.59 Å². The molecule has 5 nitrogen and oxygen atoms in total. The van der Waals surface area contributed by atoms with Crippen LogP contribution < -0.4 is 5.32 Å². The van der Waals surface area contributed by atoms with Gasteiger partial charge in [-0.3, -0.25) is 4.79 Å². The minimum Gasteiger partial charge on any atom is -0.452 e. The molecule has 122 valence electrons. The molecule has 0 atom stereocenters. The number of rotatable bonds is 6. The summed E-state index contributed by atoms with van der Waals surface area (Å²) in [6, 6.07) is 7.75. The van der Waals surface area contributed by atoms with E-state index < -0.39 is 5.97 Å². The first kappa shape index (κ1) is 17.1. The van der Waals surface area contributed by atoms with Crippen LogP contribution >= 0.6 is 11.3 Å². The maximum Gasteiger partial charge on any atom is 0.331 e. The van der Waals surface area contributed by atoms with Crippen LogP contribution in [0.1, 0.15) is 32.2 Å². The molecular formula is C17H20N2O3S. The fraction of sp³-hybridized carbons (Fsp3) is 0.353. The standard InChI is InChI=1S/C17H20N2O3S/c1-4-17(2,3)19-14(20)11-22-16(21)10-9-15-18-12-7-5-6-8-13(12)23-15/h5-10H,4,11H2,1-3H3,(H,19,20)/b10-9+. The number of esters is 1. The Balaban J connectivity index is 1.85. The van der Waals surface area contributed by atoms with Gasteiger partial charge in [0.05, 0.1) is 10.2 Å². The van der Waals surface area contributed by atoms with Crippen molar-refractivity contribution in [2.24, 2.45) is 0 Å². The number of benzene rings is 1. The number of thiazole rings is 1. The van der Waals surface area contributed by atoms with Gasteiger partial charge < -0.3 is 10.1 Å². The molecule has 0 radical (unpaired) electrons. The predicted octanol–water partition coefficient (Wildman–Crippen LogP) is 3.16. The van der Waals surface area contributed by atoms with E-state index in [0.717, 1.165) is 21.6 Å². The van der Waals surface area contributed by atoms with Gasteiger partial charge in [0, 0.05) is 11.6 Å². The number of nitrogens with zero attached hydrogens (tertiary/aromatic N) is 1. The Morgan fingerprint density at radius 3 is 2.78 bits per heavy atom. The van der Waals surface area contributed by atoms with Gasteiger partial charge in [-0.15, -0.1) is 11.3 Å². The lowest BCUT2D eigenvalue weighted by molar-refractivity contribution is -0.144. The van der Waals surface area contributed by atoms with Crippen LogP contribution in [-0.4, -0.2) is 29.0 Å². The normalized spacial score (nSPS) is 11.8. The van der Waals surface area contributed by atoms with Crippen molar-refractivity contribution >= 4 is 39.5 Å². The summed E-state index contributed by atoms with van der Waals surface area (Å²) in [7, 11) is 0. The van der Waals surface area contributed by atoms with Gasteiger partial charge in [-0.25, -0.2) is 9.78 Å². The number of aromatic nitrogens is 1. The van der Waals surface area contributed by atoms with E-state index in [1.54, 1.807) is 6.08 Å². The molecule has 1 heterocycles. The van der Waals surface area contributed by atoms with Crippen LogP contribution in [0.2, 0.25) is 0 Å². The molecule has 0 saturated heterocycles. The highest BCUT2D eigenvalue weighted by atomic mass is 32.1. The van der Waals surface area contributed by atoms with Crippen LogP contribution in [0.25, 0.3) is 16.3 Å². The summed E-state index contributed by atoms with van der Waals surface area (Å²) in [6.45, 7) is 5.53. The van der Waals surface area contributed by atoms with E-state index in [0.29, 0.717) is 0 Å². The van der Waals surface area contributed by atoms with Crippen molar-refractivity contribution in [3.63, 3.8) is 0 Å². The van der Waals surface area contributed by atoms with Crippen molar-refractivity contribution in [3.05, 3.63) is 35.3 Å². The number of fused-ring (bicyclic) bond motifs is 1. The first-order valence-electron chi connectivity index (χ1n) is 7.41. The van der Waals surface area contributed by atoms with Crippen molar-refractivity contribution in [1.29, 1.82) is 0 Å². The topological polar surface area (TPSA) is 68.3 Å². The summed E-state index contributed by atoms with van der Waals surface area (Å²) in [5, 5.41) is 3.52. The molecule has 1 N–H and O–H groups in total. The Morgan fingerprint density at radius 2 is 2.09 bits per heavy atom. The highest BCUT2D eigenvalue weighted by Crippen LogP contribution is 2.22. The molecule has 0 aliphatic rings. The van der Waals surface area contributed by atoms with E-state index in [1.807, 2.05) is 45.0 Å². The van der Waals surface area contributed by atoms with Crippen LogP contribution in [0.3, 0.4) is 0 Å². The molecule has 0 saturated carbocycles. The first-order valence-corrected chi connectivity index (χ1v) is 8.23. The quantitative estimate of drug-likeness (QED) is 0.652. The van der Waals surface area contributed by atoms with Crippen molar-refractivity contribution in [3.8, 4) is 0 Å². The SMILES string of the molecule is CCC(C)(C)NC(=O)COC(=O)/C=C/c1nc2ccccc2s1. The Labute approximate surface area is 139 Å². The number of hydrogen-bond acceptors (Lipinski definition) is 5. The zero-order valence-electron chi connectivity index (χ0n) is 13.5. The van der Waals surface area contributed by atoms with E-state index in [4.69, 9.17) is 4.74 Å². The highest BCUT2D eigenvalue weighted by Gasteiger charge is 2.18. The number of ether oxygens (including phenoxy) is 1. The summed E-state index contributed by atoms with van der Waals surface area (Å²) < 4.78 is 5.99. The molecule has 23 heavy (non-hydrogen) atoms. The van der Waals surface area contributed by atoms with Gasteiger partial charge in [0.25, 0.3) is 5.91 Å². The van der Waals surface area contributed by atoms with Gasteiger partial charge in [-0.1, -0.05) is 19.1 Å². The molecule has 1 aromatic heterocycles. The number of carbonyl (C=O) groups is 2. The molecule has 1 amide bonds. The van der Waals surface area contributed by atoms with Crippen molar-refractivity contribution < 1.29 is 14.3 Å². The zero-order chi connectivity index (χ0) is 16.9. The molecule has 2 rings (SSSR count). The third kappa shape index (κ3) is 5.17. The molecule has 0 unspecified atom stereocenters. The van der Waals surface area contributed by atoms with Gasteiger partial charge in [0.2, 0.25) is 0 Å². The first-order chi connectivity index (χ1) is 10.9. The molecule has 0 fully saturated rings. The number of nitrogens with one attached hydrogen (secondary N) is 1. The van der Waals surface area contributed by atoms with E-state index in [1.165, 1.54) is 17.4 Å². The second-order valence-electron chi connectivity index (χ2n) is 5.75. The lowest BCUT2D eigenvalue weighted by Crippen LogP contribution is -2.44. The summed E-state index contributed by atoms with van der Waals surface area (Å²) in [6.07, 6.45) is 3.68. The van der Waals surface area contributed by atoms with Crippen molar-refractivity contribution in [1.82, 2.24) is 10.3 Å². The molecule has 2 aromatic rings. The largest absolute Gasteiger partial charge is 0.452 e. The maximum atomic E-state index is 11.7. The smallest absolute Gasteiger partial charge is 0.331 e. The Hall–Kier alpha value is -2.21. The van der Waals surface area contributed by atoms with Gasteiger partial charge in [-0.2, -0.15) is 0 Å². The van der Waals surface area contributed by atoms with Crippen LogP contribution in [0, 0.1) is 0 Å². The Bertz CT molecular complexity index is 701. The Morgan fingerprint density at radius 1 is 1.35 bits per heavy atom. The zero-order valence-corrected chi connectivity index (χ0v) is 14.3. The second kappa shape index (κ2) is 7.37. The van der Waals surface area contributed by atoms with Crippen LogP contribution in [-0.2, 0) is 14.3 Å². The lowest BCUT2D eigenvalue weighted by atomic mass is 10.0. The third-order valence-electron chi connectivity index (χ3n) is 3.38. The van der Waals surface area contributed by atoms with Crippen LogP contribution in [0.15, 0.2) is 30.3 Å². The molecule has 0 aliphatic heterocycles. The van der Waals surface area contributed by atoms with E-state index >= 15 is 0 Å². The Kier molecular flexibility index (Phi) is 5.50. The fourth-order valence-corrected chi connectivity index (χ4v) is 2.66. The lowest BCUT2D eigenvalue weighted by Gasteiger charge is -2.24. The van der Waals surface area contributed by atoms with Crippen molar-refractivity contribution in [2.45, 2.75) is 32.7 Å². The second-order valence-corrected chi connectivity index (χ2v) is 6.81. The van der Waals surface area contributed by atoms with E-state index in [2.05, 4.69) is 10.3 Å². The van der Waals surface area contributed by atoms with Crippen LogP contribution in [0.4, 0.5) is 0 Å². The summed E-state index contributed by atoms with van der Waals surface area (Å²) in [5.74, 6) is -0.868. The average Bonchev–Trinajstić information content (AvgIpc) is 2.93. The number of amides is 1. The minimum atomic E-state index is -0.561. The molecule has 0 bridgehead atoms. The molecule has 0 spiro atoms. The van der Waals surface area contributed by atoms with Gasteiger partial charge in [0.15, 0.2) is 6.61 Å². The predicted molar refractivity (Wildman–Crippen MR) is 92.1 cm³/mol. The van der Waals surface area contributed by atoms with Gasteiger partial charge >= 0.3 is 5.97 Å². The van der Waals surface area contributed by atoms with Gasteiger partial charge in [0.1, 0.15) is 5.01 Å². The summed E-state index contributed by atoms with van der Waals surface area (Å²) >= 11 is 1.49. The molecule has 1 aromatic carbocycles. The summed E-state index contributed by atoms with van der Waals surface area (Å²) in [4.78, 5) is 27.7. The number of hydrogen-bond donors (Lipinski definition) is 1. The molecule has 0 aliphatic carbocycles. The highest BCUT2D eigenvalue weighted by molar-refractivity contribution is 7.19. The van der Waals surface area contributed by atoms with Crippen LogP contribution in [0.5, 0.6) is 0 Å². The van der Waals surface area contributed by atoms with Gasteiger partial charge in [-0.05, 0) is 38.5 Å². The van der Waals surface area contributed by atoms with E-state index in [-0.39, 0.29) is 18.1 Å². The average molecular weight is 332 g/mol. The fourth-order valence-electron chi connectivity index (χ4n) is 1.79. The number of para-hydroxylation sites is 1. The molecular weight excluding hydrogens is 312 g/mol. The summed E-state index contributed by atoms with van der Waals surface area (Å²) in [5.41, 5.74) is 0.590. The van der Waals surface area contributed by atoms with Crippen molar-refractivity contribution in [2.75, 3.05) is 6.61 Å². The monoisotopic (exact) mass is 332 g/mol. The maximum absolute atomic E-state index is 11.7.